The molecule has 1 N–H and O–H groups in total. The van der Waals surface area contributed by atoms with Crippen molar-refractivity contribution in [2.24, 2.45) is 0 Å². The van der Waals surface area contributed by atoms with Crippen LogP contribution in [0, 0.1) is 0 Å². The van der Waals surface area contributed by atoms with Crippen LogP contribution in [0.5, 0.6) is 23.5 Å². The minimum Gasteiger partial charge on any atom is -0.481 e. The van der Waals surface area contributed by atoms with Crippen LogP contribution in [0.4, 0.5) is 5.82 Å². The Morgan fingerprint density at radius 2 is 1.81 bits per heavy atom. The van der Waals surface area contributed by atoms with Gasteiger partial charge in [-0.15, -0.1) is 0 Å². The molecule has 168 valence electrons. The molecule has 2 heterocycles. The fraction of sp³-hybridized carbons (Fsp3) is 0.273. The number of rotatable bonds is 9. The van der Waals surface area contributed by atoms with Crippen LogP contribution in [0.2, 0.25) is 5.02 Å². The minimum atomic E-state index is -0.422. The largest absolute Gasteiger partial charge is 0.481 e. The molecule has 10 heteroatoms. The molecule has 0 aliphatic rings. The number of hydrogen-bond donors (Lipinski definition) is 1. The predicted molar refractivity (Wildman–Crippen MR) is 119 cm³/mol. The van der Waals surface area contributed by atoms with Crippen LogP contribution in [-0.4, -0.2) is 41.2 Å². The van der Waals surface area contributed by atoms with Gasteiger partial charge in [-0.2, -0.15) is 9.97 Å². The van der Waals surface area contributed by atoms with E-state index in [2.05, 4.69) is 20.3 Å². The van der Waals surface area contributed by atoms with E-state index in [0.29, 0.717) is 46.0 Å². The van der Waals surface area contributed by atoms with Gasteiger partial charge >= 0.3 is 12.0 Å². The van der Waals surface area contributed by atoms with Gasteiger partial charge in [-0.3, -0.25) is 0 Å². The van der Waals surface area contributed by atoms with E-state index >= 15 is 0 Å². The maximum absolute atomic E-state index is 12.0. The van der Waals surface area contributed by atoms with Gasteiger partial charge in [0.05, 0.1) is 32.0 Å². The number of benzene rings is 1. The Balaban J connectivity index is 1.75. The summed E-state index contributed by atoms with van der Waals surface area (Å²) in [5.74, 6) is 1.19. The second-order valence-corrected chi connectivity index (χ2v) is 7.20. The van der Waals surface area contributed by atoms with Gasteiger partial charge in [0.15, 0.2) is 0 Å². The molecular formula is C22H23ClN4O5. The lowest BCUT2D eigenvalue weighted by molar-refractivity contribution is 0.0377. The molecule has 0 radical (unpaired) electrons. The van der Waals surface area contributed by atoms with Gasteiger partial charge in [0.1, 0.15) is 11.6 Å². The monoisotopic (exact) mass is 458 g/mol. The normalized spacial score (nSPS) is 10.6. The first-order chi connectivity index (χ1) is 15.4. The van der Waals surface area contributed by atoms with Gasteiger partial charge in [0.25, 0.3) is 0 Å². The van der Waals surface area contributed by atoms with Gasteiger partial charge in [-0.05, 0) is 38.1 Å². The lowest BCUT2D eigenvalue weighted by atomic mass is 10.2. The minimum absolute atomic E-state index is 0.0517. The Labute approximate surface area is 190 Å². The molecule has 32 heavy (non-hydrogen) atoms. The van der Waals surface area contributed by atoms with Crippen molar-refractivity contribution < 1.29 is 23.7 Å². The maximum Gasteiger partial charge on any atom is 0.339 e. The smallest absolute Gasteiger partial charge is 0.339 e. The fourth-order valence-electron chi connectivity index (χ4n) is 2.62. The van der Waals surface area contributed by atoms with Crippen molar-refractivity contribution in [2.45, 2.75) is 26.5 Å². The van der Waals surface area contributed by atoms with Crippen LogP contribution < -0.4 is 19.5 Å². The quantitative estimate of drug-likeness (QED) is 0.463. The van der Waals surface area contributed by atoms with Crippen molar-refractivity contribution in [1.29, 1.82) is 0 Å². The van der Waals surface area contributed by atoms with Crippen molar-refractivity contribution in [3.63, 3.8) is 0 Å². The van der Waals surface area contributed by atoms with E-state index in [1.54, 1.807) is 50.2 Å². The van der Waals surface area contributed by atoms with Gasteiger partial charge in [-0.25, -0.2) is 9.78 Å². The van der Waals surface area contributed by atoms with E-state index in [9.17, 15) is 4.79 Å². The summed E-state index contributed by atoms with van der Waals surface area (Å²) in [6.07, 6.45) is 1.25. The molecule has 0 aliphatic heterocycles. The molecule has 3 aromatic rings. The van der Waals surface area contributed by atoms with Crippen molar-refractivity contribution in [2.75, 3.05) is 19.5 Å². The van der Waals surface area contributed by atoms with Crippen LogP contribution in [-0.2, 0) is 11.3 Å². The third kappa shape index (κ3) is 5.98. The van der Waals surface area contributed by atoms with Crippen LogP contribution in [0.25, 0.3) is 0 Å². The highest BCUT2D eigenvalue weighted by Crippen LogP contribution is 2.31. The van der Waals surface area contributed by atoms with Crippen molar-refractivity contribution >= 4 is 23.4 Å². The summed E-state index contributed by atoms with van der Waals surface area (Å²) >= 11 is 6.40. The van der Waals surface area contributed by atoms with Crippen LogP contribution >= 0.6 is 11.6 Å². The molecule has 2 aromatic heterocycles. The lowest BCUT2D eigenvalue weighted by Gasteiger charge is -2.14. The average molecular weight is 459 g/mol. The molecule has 0 atom stereocenters. The molecule has 3 rings (SSSR count). The number of methoxy groups -OCH3 is 2. The summed E-state index contributed by atoms with van der Waals surface area (Å²) in [7, 11) is 2.97. The zero-order valence-corrected chi connectivity index (χ0v) is 18.8. The zero-order chi connectivity index (χ0) is 23.1. The van der Waals surface area contributed by atoms with E-state index < -0.39 is 5.97 Å². The number of esters is 1. The number of halogens is 1. The summed E-state index contributed by atoms with van der Waals surface area (Å²) in [5, 5.41) is 3.65. The van der Waals surface area contributed by atoms with Gasteiger partial charge < -0.3 is 24.3 Å². The highest BCUT2D eigenvalue weighted by molar-refractivity contribution is 6.31. The van der Waals surface area contributed by atoms with Crippen molar-refractivity contribution in [3.05, 3.63) is 58.7 Å². The average Bonchev–Trinajstić information content (AvgIpc) is 2.78. The second-order valence-electron chi connectivity index (χ2n) is 6.79. The molecule has 1 aromatic carbocycles. The van der Waals surface area contributed by atoms with Crippen LogP contribution in [0.15, 0.2) is 42.6 Å². The standard InChI is InChI=1S/C22H23ClN4O5/c1-13(2)31-21(28)14-8-9-18(24-11-14)25-12-15-16(23)6-5-7-17(15)32-22-26-19(29-3)10-20(27-22)30-4/h5-11,13H,12H2,1-4H3,(H,24,25). The molecule has 0 spiro atoms. The number of carbonyl (C=O) groups excluding carboxylic acids is 1. The molecule has 0 aliphatic carbocycles. The SMILES string of the molecule is COc1cc(OC)nc(Oc2cccc(Cl)c2CNc2ccc(C(=O)OC(C)C)cn2)n1. The number of pyridine rings is 1. The number of anilines is 1. The Bertz CT molecular complexity index is 1050. The Morgan fingerprint density at radius 1 is 1.09 bits per heavy atom. The summed E-state index contributed by atoms with van der Waals surface area (Å²) in [6, 6.07) is 10.2. The molecule has 0 bridgehead atoms. The highest BCUT2D eigenvalue weighted by atomic mass is 35.5. The zero-order valence-electron chi connectivity index (χ0n) is 18.1. The summed E-state index contributed by atoms with van der Waals surface area (Å²) in [6.45, 7) is 3.88. The number of carbonyl (C=O) groups is 1. The number of hydrogen-bond acceptors (Lipinski definition) is 9. The maximum atomic E-state index is 12.0. The number of aromatic nitrogens is 3. The molecule has 0 fully saturated rings. The number of ether oxygens (including phenoxy) is 4. The summed E-state index contributed by atoms with van der Waals surface area (Å²) in [4.78, 5) is 24.6. The first-order valence-electron chi connectivity index (χ1n) is 9.72. The molecule has 9 nitrogen and oxygen atoms in total. The first-order valence-corrected chi connectivity index (χ1v) is 10.1. The first kappa shape index (κ1) is 23.1. The van der Waals surface area contributed by atoms with E-state index in [4.69, 9.17) is 30.5 Å². The molecule has 0 saturated carbocycles. The topological polar surface area (TPSA) is 105 Å². The third-order valence-electron chi connectivity index (χ3n) is 4.14. The van der Waals surface area contributed by atoms with E-state index in [1.807, 2.05) is 0 Å². The van der Waals surface area contributed by atoms with E-state index in [1.165, 1.54) is 20.4 Å². The lowest BCUT2D eigenvalue weighted by Crippen LogP contribution is -2.12. The van der Waals surface area contributed by atoms with Gasteiger partial charge in [-0.1, -0.05) is 17.7 Å². The van der Waals surface area contributed by atoms with Crippen LogP contribution in [0.1, 0.15) is 29.8 Å². The molecule has 0 saturated heterocycles. The highest BCUT2D eigenvalue weighted by Gasteiger charge is 2.14. The second kappa shape index (κ2) is 10.6. The molecule has 0 unspecified atom stereocenters. The van der Waals surface area contributed by atoms with Crippen molar-refractivity contribution in [3.8, 4) is 23.5 Å². The van der Waals surface area contributed by atoms with E-state index in [-0.39, 0.29) is 12.1 Å². The Kier molecular flexibility index (Phi) is 7.67. The summed E-state index contributed by atoms with van der Waals surface area (Å²) in [5.41, 5.74) is 1.04. The molecule has 0 amide bonds. The van der Waals surface area contributed by atoms with Crippen LogP contribution in [0.3, 0.4) is 0 Å². The van der Waals surface area contributed by atoms with Crippen molar-refractivity contribution in [1.82, 2.24) is 15.0 Å². The van der Waals surface area contributed by atoms with Gasteiger partial charge in [0, 0.05) is 23.3 Å². The predicted octanol–water partition coefficient (Wildman–Crippen LogP) is 4.51. The third-order valence-corrected chi connectivity index (χ3v) is 4.50. The Morgan fingerprint density at radius 3 is 2.41 bits per heavy atom. The number of nitrogens with zero attached hydrogens (tertiary/aromatic N) is 3. The number of nitrogens with one attached hydrogen (secondary N) is 1. The molecular weight excluding hydrogens is 436 g/mol. The van der Waals surface area contributed by atoms with Gasteiger partial charge in [0.2, 0.25) is 11.8 Å². The van der Waals surface area contributed by atoms with E-state index in [0.717, 1.165) is 0 Å². The fourth-order valence-corrected chi connectivity index (χ4v) is 2.86. The summed E-state index contributed by atoms with van der Waals surface area (Å²) < 4.78 is 21.3. The Hall–Kier alpha value is -3.59.